The third-order valence-corrected chi connectivity index (χ3v) is 4.03. The van der Waals surface area contributed by atoms with Gasteiger partial charge in [-0.05, 0) is 45.7 Å². The van der Waals surface area contributed by atoms with Crippen LogP contribution in [0.2, 0.25) is 0 Å². The Bertz CT molecular complexity index is 448. The van der Waals surface area contributed by atoms with Crippen molar-refractivity contribution in [2.24, 2.45) is 0 Å². The van der Waals surface area contributed by atoms with E-state index in [1.165, 1.54) is 5.56 Å². The lowest BCUT2D eigenvalue weighted by molar-refractivity contribution is 0.160. The molecule has 2 rings (SSSR count). The van der Waals surface area contributed by atoms with Gasteiger partial charge in [0.05, 0.1) is 6.07 Å². The van der Waals surface area contributed by atoms with Crippen LogP contribution in [0.25, 0.3) is 0 Å². The van der Waals surface area contributed by atoms with Crippen LogP contribution in [0.5, 0.6) is 0 Å². The highest BCUT2D eigenvalue weighted by molar-refractivity contribution is 5.49. The average molecular weight is 257 g/mol. The van der Waals surface area contributed by atoms with Crippen molar-refractivity contribution in [3.05, 3.63) is 29.8 Å². The van der Waals surface area contributed by atoms with Crippen LogP contribution >= 0.6 is 0 Å². The molecule has 1 N–H and O–H groups in total. The molecule has 0 radical (unpaired) electrons. The van der Waals surface area contributed by atoms with Crippen LogP contribution in [-0.2, 0) is 0 Å². The highest BCUT2D eigenvalue weighted by Gasteiger charge is 2.35. The third-order valence-electron chi connectivity index (χ3n) is 4.03. The van der Waals surface area contributed by atoms with Crippen LogP contribution in [0.15, 0.2) is 24.3 Å². The molecule has 3 heteroatoms. The van der Waals surface area contributed by atoms with Crippen LogP contribution < -0.4 is 5.32 Å². The number of piperidine rings is 1. The summed E-state index contributed by atoms with van der Waals surface area (Å²) in [6.07, 6.45) is 1.77. The number of rotatable bonds is 3. The molecule has 1 aliphatic heterocycles. The predicted molar refractivity (Wildman–Crippen MR) is 79.1 cm³/mol. The number of hydrogen-bond donors (Lipinski definition) is 1. The number of anilines is 1. The van der Waals surface area contributed by atoms with Gasteiger partial charge in [-0.25, -0.2) is 0 Å². The molecule has 1 aromatic rings. The van der Waals surface area contributed by atoms with Crippen LogP contribution in [0.1, 0.15) is 32.3 Å². The molecule has 0 unspecified atom stereocenters. The number of aryl methyl sites for hydroxylation is 1. The number of nitrogens with one attached hydrogen (secondary N) is 1. The lowest BCUT2D eigenvalue weighted by atomic mass is 9.88. The number of hydrogen-bond acceptors (Lipinski definition) is 3. The Hall–Kier alpha value is -1.53. The van der Waals surface area contributed by atoms with E-state index in [9.17, 15) is 5.26 Å². The minimum atomic E-state index is -0.402. The first kappa shape index (κ1) is 13.9. The summed E-state index contributed by atoms with van der Waals surface area (Å²) in [5.74, 6) is 0. The Morgan fingerprint density at radius 1 is 1.21 bits per heavy atom. The molecule has 1 saturated heterocycles. The van der Waals surface area contributed by atoms with E-state index < -0.39 is 5.54 Å². The largest absolute Gasteiger partial charge is 0.367 e. The molecule has 0 aromatic heterocycles. The van der Waals surface area contributed by atoms with Gasteiger partial charge in [-0.2, -0.15) is 5.26 Å². The van der Waals surface area contributed by atoms with Crippen LogP contribution in [-0.4, -0.2) is 29.6 Å². The van der Waals surface area contributed by atoms with Crippen molar-refractivity contribution in [1.82, 2.24) is 4.90 Å². The highest BCUT2D eigenvalue weighted by Crippen LogP contribution is 2.27. The zero-order valence-corrected chi connectivity index (χ0v) is 12.1. The summed E-state index contributed by atoms with van der Waals surface area (Å²) in [5, 5.41) is 13.0. The number of benzene rings is 1. The van der Waals surface area contributed by atoms with Crippen LogP contribution in [0.4, 0.5) is 5.69 Å². The van der Waals surface area contributed by atoms with Crippen LogP contribution in [0.3, 0.4) is 0 Å². The SMILES string of the molecule is Cc1ccc(NC2(C#N)CCN(C(C)C)CC2)cc1. The van der Waals surface area contributed by atoms with Crippen molar-refractivity contribution in [3.63, 3.8) is 0 Å². The van der Waals surface area contributed by atoms with Crippen molar-refractivity contribution in [3.8, 4) is 6.07 Å². The molecular formula is C16H23N3. The molecule has 0 saturated carbocycles. The molecule has 1 aromatic carbocycles. The maximum atomic E-state index is 9.55. The first-order valence-corrected chi connectivity index (χ1v) is 7.05. The second-order valence-corrected chi connectivity index (χ2v) is 5.81. The van der Waals surface area contributed by atoms with Gasteiger partial charge in [-0.15, -0.1) is 0 Å². The molecule has 3 nitrogen and oxygen atoms in total. The van der Waals surface area contributed by atoms with Gasteiger partial charge in [-0.1, -0.05) is 17.7 Å². The fourth-order valence-corrected chi connectivity index (χ4v) is 2.60. The van der Waals surface area contributed by atoms with Gasteiger partial charge in [0.15, 0.2) is 0 Å². The van der Waals surface area contributed by atoms with Crippen molar-refractivity contribution >= 4 is 5.69 Å². The fraction of sp³-hybridized carbons (Fsp3) is 0.562. The number of nitriles is 1. The molecular weight excluding hydrogens is 234 g/mol. The first-order valence-electron chi connectivity index (χ1n) is 7.05. The Morgan fingerprint density at radius 3 is 2.26 bits per heavy atom. The van der Waals surface area contributed by atoms with Gasteiger partial charge in [0.2, 0.25) is 0 Å². The maximum absolute atomic E-state index is 9.55. The third kappa shape index (κ3) is 3.27. The zero-order chi connectivity index (χ0) is 13.9. The van der Waals surface area contributed by atoms with E-state index in [1.54, 1.807) is 0 Å². The lowest BCUT2D eigenvalue weighted by Crippen LogP contribution is -2.50. The first-order chi connectivity index (χ1) is 9.04. The van der Waals surface area contributed by atoms with E-state index in [1.807, 2.05) is 0 Å². The Kier molecular flexibility index (Phi) is 4.11. The molecule has 1 aliphatic rings. The van der Waals surface area contributed by atoms with Gasteiger partial charge < -0.3 is 10.2 Å². The van der Waals surface area contributed by atoms with Gasteiger partial charge in [0.1, 0.15) is 5.54 Å². The summed E-state index contributed by atoms with van der Waals surface area (Å²) >= 11 is 0. The van der Waals surface area contributed by atoms with Gasteiger partial charge in [-0.3, -0.25) is 0 Å². The molecule has 0 spiro atoms. The second kappa shape index (κ2) is 5.63. The van der Waals surface area contributed by atoms with E-state index in [2.05, 4.69) is 61.3 Å². The highest BCUT2D eigenvalue weighted by atomic mass is 15.2. The minimum absolute atomic E-state index is 0.402. The quantitative estimate of drug-likeness (QED) is 0.904. The molecule has 1 fully saturated rings. The fourth-order valence-electron chi connectivity index (χ4n) is 2.60. The number of likely N-dealkylation sites (tertiary alicyclic amines) is 1. The summed E-state index contributed by atoms with van der Waals surface area (Å²) in [5.41, 5.74) is 1.89. The van der Waals surface area contributed by atoms with Gasteiger partial charge in [0, 0.05) is 24.8 Å². The summed E-state index contributed by atoms with van der Waals surface area (Å²) in [6, 6.07) is 11.3. The minimum Gasteiger partial charge on any atom is -0.367 e. The van der Waals surface area contributed by atoms with Crippen LogP contribution in [0, 0.1) is 18.3 Å². The molecule has 0 atom stereocenters. The zero-order valence-electron chi connectivity index (χ0n) is 12.1. The summed E-state index contributed by atoms with van der Waals surface area (Å²) in [6.45, 7) is 8.48. The topological polar surface area (TPSA) is 39.1 Å². The van der Waals surface area contributed by atoms with E-state index >= 15 is 0 Å². The Balaban J connectivity index is 2.05. The number of nitrogens with zero attached hydrogens (tertiary/aromatic N) is 2. The van der Waals surface area contributed by atoms with Gasteiger partial charge in [0.25, 0.3) is 0 Å². The van der Waals surface area contributed by atoms with E-state index in [0.29, 0.717) is 6.04 Å². The summed E-state index contributed by atoms with van der Waals surface area (Å²) < 4.78 is 0. The molecule has 0 bridgehead atoms. The maximum Gasteiger partial charge on any atom is 0.127 e. The Morgan fingerprint density at radius 2 is 1.79 bits per heavy atom. The van der Waals surface area contributed by atoms with Crippen molar-refractivity contribution in [2.75, 3.05) is 18.4 Å². The second-order valence-electron chi connectivity index (χ2n) is 5.81. The van der Waals surface area contributed by atoms with E-state index in [-0.39, 0.29) is 0 Å². The lowest BCUT2D eigenvalue weighted by Gasteiger charge is -2.40. The van der Waals surface area contributed by atoms with Crippen molar-refractivity contribution < 1.29 is 0 Å². The smallest absolute Gasteiger partial charge is 0.127 e. The molecule has 19 heavy (non-hydrogen) atoms. The van der Waals surface area contributed by atoms with E-state index in [0.717, 1.165) is 31.6 Å². The van der Waals surface area contributed by atoms with Crippen molar-refractivity contribution in [2.45, 2.75) is 45.2 Å². The predicted octanol–water partition coefficient (Wildman–Crippen LogP) is 3.17. The molecule has 102 valence electrons. The molecule has 1 heterocycles. The summed E-state index contributed by atoms with van der Waals surface area (Å²) in [4.78, 5) is 2.44. The standard InChI is InChI=1S/C16H23N3/c1-13(2)19-10-8-16(12-17,9-11-19)18-15-6-4-14(3)5-7-15/h4-7,13,18H,8-11H2,1-3H3. The normalized spacial score (nSPS) is 19.1. The van der Waals surface area contributed by atoms with Gasteiger partial charge >= 0.3 is 0 Å². The molecule has 0 aliphatic carbocycles. The Labute approximate surface area is 116 Å². The summed E-state index contributed by atoms with van der Waals surface area (Å²) in [7, 11) is 0. The monoisotopic (exact) mass is 257 g/mol. The van der Waals surface area contributed by atoms with Crippen molar-refractivity contribution in [1.29, 1.82) is 5.26 Å². The van der Waals surface area contributed by atoms with E-state index in [4.69, 9.17) is 0 Å². The molecule has 0 amide bonds. The average Bonchev–Trinajstić information content (AvgIpc) is 2.42.